The zero-order valence-electron chi connectivity index (χ0n) is 18.9. The second kappa shape index (κ2) is 8.08. The van der Waals surface area contributed by atoms with Gasteiger partial charge in [0.1, 0.15) is 11.9 Å². The fraction of sp³-hybridized carbons (Fsp3) is 0.375. The standard InChI is InChI=1S/C24H20ClF4N7/c25-17-4-5-19-16(6-17)8-33(14-24(27,28)29)9-20-31-32-22(36(19)20)35-12-23(13-35)10-34(11-23)21-15(7-30)2-1-3-18(21)26/h1-6H,8-14H2. The van der Waals surface area contributed by atoms with Gasteiger partial charge in [-0.15, -0.1) is 10.2 Å². The fourth-order valence-electron chi connectivity index (χ4n) is 5.58. The monoisotopic (exact) mass is 517 g/mol. The third-order valence-corrected chi connectivity index (χ3v) is 7.20. The Morgan fingerprint density at radius 3 is 2.50 bits per heavy atom. The Labute approximate surface area is 209 Å². The van der Waals surface area contributed by atoms with E-state index < -0.39 is 18.5 Å². The van der Waals surface area contributed by atoms with Crippen LogP contribution in [0.15, 0.2) is 36.4 Å². The maximum Gasteiger partial charge on any atom is 0.401 e. The number of benzene rings is 2. The average Bonchev–Trinajstić information content (AvgIpc) is 3.07. The van der Waals surface area contributed by atoms with Crippen molar-refractivity contribution in [1.29, 1.82) is 5.26 Å². The van der Waals surface area contributed by atoms with E-state index in [2.05, 4.69) is 16.3 Å². The van der Waals surface area contributed by atoms with Crippen molar-refractivity contribution in [3.8, 4) is 11.8 Å². The van der Waals surface area contributed by atoms with Gasteiger partial charge in [0.25, 0.3) is 0 Å². The molecular weight excluding hydrogens is 498 g/mol. The number of fused-ring (bicyclic) bond motifs is 3. The van der Waals surface area contributed by atoms with Gasteiger partial charge in [-0.05, 0) is 35.9 Å². The summed E-state index contributed by atoms with van der Waals surface area (Å²) in [7, 11) is 0. The van der Waals surface area contributed by atoms with Gasteiger partial charge in [-0.1, -0.05) is 17.7 Å². The van der Waals surface area contributed by atoms with Gasteiger partial charge in [-0.2, -0.15) is 18.4 Å². The normalized spacial score (nSPS) is 18.7. The van der Waals surface area contributed by atoms with Crippen LogP contribution in [-0.2, 0) is 13.1 Å². The lowest BCUT2D eigenvalue weighted by atomic mass is 9.72. The highest BCUT2D eigenvalue weighted by Crippen LogP contribution is 2.45. The first kappa shape index (κ1) is 23.1. The van der Waals surface area contributed by atoms with Gasteiger partial charge >= 0.3 is 6.18 Å². The minimum Gasteiger partial charge on any atom is -0.367 e. The topological polar surface area (TPSA) is 64.2 Å². The second-order valence-electron chi connectivity index (χ2n) is 9.74. The molecule has 186 valence electrons. The van der Waals surface area contributed by atoms with E-state index in [1.54, 1.807) is 24.3 Å². The molecule has 0 radical (unpaired) electrons. The van der Waals surface area contributed by atoms with Crippen molar-refractivity contribution < 1.29 is 17.6 Å². The molecule has 3 aromatic rings. The minimum atomic E-state index is -4.35. The van der Waals surface area contributed by atoms with Crippen molar-refractivity contribution in [3.63, 3.8) is 0 Å². The zero-order chi connectivity index (χ0) is 25.2. The van der Waals surface area contributed by atoms with Gasteiger partial charge < -0.3 is 9.80 Å². The number of rotatable bonds is 3. The predicted molar refractivity (Wildman–Crippen MR) is 125 cm³/mol. The molecule has 4 heterocycles. The molecule has 0 N–H and O–H groups in total. The summed E-state index contributed by atoms with van der Waals surface area (Å²) < 4.78 is 55.8. The Morgan fingerprint density at radius 1 is 1.03 bits per heavy atom. The number of halogens is 5. The molecule has 2 saturated heterocycles. The maximum absolute atomic E-state index is 14.4. The largest absolute Gasteiger partial charge is 0.401 e. The minimum absolute atomic E-state index is 0.00418. The molecule has 6 rings (SSSR count). The van der Waals surface area contributed by atoms with Crippen molar-refractivity contribution in [3.05, 3.63) is 64.2 Å². The Kier molecular flexibility index (Phi) is 5.18. The third-order valence-electron chi connectivity index (χ3n) is 6.97. The number of alkyl halides is 3. The summed E-state index contributed by atoms with van der Waals surface area (Å²) in [6.45, 7) is 1.51. The Balaban J connectivity index is 1.25. The number of nitriles is 1. The van der Waals surface area contributed by atoms with Crippen LogP contribution in [0.2, 0.25) is 5.02 Å². The van der Waals surface area contributed by atoms with Crippen molar-refractivity contribution in [1.82, 2.24) is 19.7 Å². The van der Waals surface area contributed by atoms with E-state index in [0.29, 0.717) is 65.5 Å². The van der Waals surface area contributed by atoms with Gasteiger partial charge in [0.2, 0.25) is 5.95 Å². The van der Waals surface area contributed by atoms with E-state index in [-0.39, 0.29) is 18.5 Å². The van der Waals surface area contributed by atoms with Gasteiger partial charge in [-0.3, -0.25) is 9.47 Å². The molecule has 3 aliphatic heterocycles. The van der Waals surface area contributed by atoms with Gasteiger partial charge in [-0.25, -0.2) is 4.39 Å². The highest BCUT2D eigenvalue weighted by atomic mass is 35.5. The van der Waals surface area contributed by atoms with Gasteiger partial charge in [0, 0.05) is 43.2 Å². The first-order chi connectivity index (χ1) is 17.1. The van der Waals surface area contributed by atoms with Crippen LogP contribution in [0.1, 0.15) is 17.0 Å². The zero-order valence-corrected chi connectivity index (χ0v) is 19.7. The van der Waals surface area contributed by atoms with Crippen LogP contribution in [0.25, 0.3) is 5.69 Å². The number of anilines is 2. The van der Waals surface area contributed by atoms with E-state index in [0.717, 1.165) is 0 Å². The first-order valence-corrected chi connectivity index (χ1v) is 11.7. The van der Waals surface area contributed by atoms with Crippen LogP contribution in [0.3, 0.4) is 0 Å². The summed E-state index contributed by atoms with van der Waals surface area (Å²) in [5, 5.41) is 18.4. The number of hydrogen-bond acceptors (Lipinski definition) is 6. The molecule has 3 aliphatic rings. The molecule has 2 fully saturated rings. The summed E-state index contributed by atoms with van der Waals surface area (Å²) >= 11 is 6.17. The molecule has 0 saturated carbocycles. The first-order valence-electron chi connectivity index (χ1n) is 11.4. The lowest BCUT2D eigenvalue weighted by Crippen LogP contribution is -2.73. The lowest BCUT2D eigenvalue weighted by molar-refractivity contribution is -0.148. The maximum atomic E-state index is 14.4. The summed E-state index contributed by atoms with van der Waals surface area (Å²) in [5.74, 6) is 0.577. The van der Waals surface area contributed by atoms with E-state index in [4.69, 9.17) is 11.6 Å². The van der Waals surface area contributed by atoms with Gasteiger partial charge in [0.15, 0.2) is 5.82 Å². The highest BCUT2D eigenvalue weighted by molar-refractivity contribution is 6.30. The molecule has 0 unspecified atom stereocenters. The number of nitrogens with zero attached hydrogens (tertiary/aromatic N) is 7. The molecule has 1 spiro atoms. The lowest BCUT2D eigenvalue weighted by Gasteiger charge is -2.61. The quantitative estimate of drug-likeness (QED) is 0.487. The molecule has 1 aromatic heterocycles. The average molecular weight is 518 g/mol. The van der Waals surface area contributed by atoms with Crippen LogP contribution in [0.4, 0.5) is 29.2 Å². The van der Waals surface area contributed by atoms with Crippen LogP contribution in [0, 0.1) is 22.6 Å². The molecule has 0 aliphatic carbocycles. The third kappa shape index (κ3) is 3.85. The molecular formula is C24H20ClF4N7. The van der Waals surface area contributed by atoms with Crippen LogP contribution < -0.4 is 9.80 Å². The van der Waals surface area contributed by atoms with E-state index in [1.165, 1.54) is 17.0 Å². The van der Waals surface area contributed by atoms with Crippen molar-refractivity contribution in [2.75, 3.05) is 42.5 Å². The molecule has 0 atom stereocenters. The fourth-order valence-corrected chi connectivity index (χ4v) is 5.77. The number of hydrogen-bond donors (Lipinski definition) is 0. The van der Waals surface area contributed by atoms with Crippen molar-refractivity contribution in [2.45, 2.75) is 19.3 Å². The highest BCUT2D eigenvalue weighted by Gasteiger charge is 2.54. The predicted octanol–water partition coefficient (Wildman–Crippen LogP) is 4.14. The Hall–Kier alpha value is -3.36. The summed E-state index contributed by atoms with van der Waals surface area (Å²) in [6.07, 6.45) is -4.35. The second-order valence-corrected chi connectivity index (χ2v) is 10.2. The SMILES string of the molecule is N#Cc1cccc(F)c1N1CC2(C1)CN(c1nnc3n1-c1ccc(Cl)cc1CN(CC(F)(F)F)C3)C2. The number of aromatic nitrogens is 3. The molecule has 7 nitrogen and oxygen atoms in total. The Morgan fingerprint density at radius 2 is 1.78 bits per heavy atom. The molecule has 2 aromatic carbocycles. The number of para-hydroxylation sites is 1. The van der Waals surface area contributed by atoms with E-state index >= 15 is 0 Å². The summed E-state index contributed by atoms with van der Waals surface area (Å²) in [4.78, 5) is 5.20. The Bertz CT molecular complexity index is 1380. The van der Waals surface area contributed by atoms with Crippen molar-refractivity contribution in [2.24, 2.45) is 5.41 Å². The molecule has 0 bridgehead atoms. The molecule has 0 amide bonds. The summed E-state index contributed by atoms with van der Waals surface area (Å²) in [6, 6.07) is 11.7. The van der Waals surface area contributed by atoms with Gasteiger partial charge in [0.05, 0.1) is 30.0 Å². The van der Waals surface area contributed by atoms with Crippen LogP contribution in [0.5, 0.6) is 0 Å². The summed E-state index contributed by atoms with van der Waals surface area (Å²) in [5.41, 5.74) is 1.94. The van der Waals surface area contributed by atoms with Crippen LogP contribution >= 0.6 is 11.6 Å². The van der Waals surface area contributed by atoms with E-state index in [1.807, 2.05) is 14.4 Å². The smallest absolute Gasteiger partial charge is 0.367 e. The van der Waals surface area contributed by atoms with Crippen LogP contribution in [-0.4, -0.2) is 58.6 Å². The molecule has 12 heteroatoms. The molecule has 36 heavy (non-hydrogen) atoms. The van der Waals surface area contributed by atoms with E-state index in [9.17, 15) is 22.8 Å². The van der Waals surface area contributed by atoms with Crippen molar-refractivity contribution >= 4 is 23.2 Å².